The molecule has 1 amide bonds. The van der Waals surface area contributed by atoms with Crippen LogP contribution in [0.3, 0.4) is 0 Å². The maximum absolute atomic E-state index is 12.1. The van der Waals surface area contributed by atoms with Crippen molar-refractivity contribution < 1.29 is 14.3 Å². The van der Waals surface area contributed by atoms with E-state index >= 15 is 0 Å². The van der Waals surface area contributed by atoms with Crippen molar-refractivity contribution in [1.82, 2.24) is 5.32 Å². The minimum absolute atomic E-state index is 0.0801. The predicted molar refractivity (Wildman–Crippen MR) is 97.2 cm³/mol. The van der Waals surface area contributed by atoms with Crippen LogP contribution in [0.2, 0.25) is 0 Å². The fraction of sp³-hybridized carbons (Fsp3) is 0.368. The molecule has 0 saturated heterocycles. The molecule has 0 bridgehead atoms. The lowest BCUT2D eigenvalue weighted by Crippen LogP contribution is -2.25. The van der Waals surface area contributed by atoms with Crippen LogP contribution in [-0.2, 0) is 6.42 Å². The van der Waals surface area contributed by atoms with Gasteiger partial charge in [-0.25, -0.2) is 0 Å². The number of benzene rings is 1. The highest BCUT2D eigenvalue weighted by molar-refractivity contribution is 7.14. The van der Waals surface area contributed by atoms with E-state index in [1.807, 2.05) is 24.3 Å². The first-order valence-corrected chi connectivity index (χ1v) is 9.02. The summed E-state index contributed by atoms with van der Waals surface area (Å²) in [6.07, 6.45) is 2.84. The predicted octanol–water partition coefficient (Wildman–Crippen LogP) is 4.10. The standard InChI is InChI=1S/C19H23NO3S/c1-3-4-13-23-16-7-5-15(6-8-16)19(22)20-12-11-17-9-10-18(24-17)14(2)21/h5-10H,3-4,11-13H2,1-2H3,(H,20,22). The molecule has 0 spiro atoms. The Balaban J connectivity index is 1.78. The summed E-state index contributed by atoms with van der Waals surface area (Å²) < 4.78 is 5.58. The van der Waals surface area contributed by atoms with Crippen LogP contribution >= 0.6 is 11.3 Å². The van der Waals surface area contributed by atoms with Gasteiger partial charge >= 0.3 is 0 Å². The van der Waals surface area contributed by atoms with E-state index in [2.05, 4.69) is 12.2 Å². The van der Waals surface area contributed by atoms with Gasteiger partial charge in [0.1, 0.15) is 5.75 Å². The molecule has 24 heavy (non-hydrogen) atoms. The Bertz CT molecular complexity index is 676. The van der Waals surface area contributed by atoms with Crippen LogP contribution in [0.4, 0.5) is 0 Å². The largest absolute Gasteiger partial charge is 0.494 e. The molecule has 0 radical (unpaired) electrons. The van der Waals surface area contributed by atoms with Crippen molar-refractivity contribution in [3.63, 3.8) is 0 Å². The van der Waals surface area contributed by atoms with Gasteiger partial charge in [-0.3, -0.25) is 9.59 Å². The number of Topliss-reactive ketones (excluding diaryl/α,β-unsaturated/α-hetero) is 1. The molecule has 1 heterocycles. The highest BCUT2D eigenvalue weighted by atomic mass is 32.1. The number of unbranched alkanes of at least 4 members (excludes halogenated alkanes) is 1. The number of rotatable bonds is 9. The van der Waals surface area contributed by atoms with Gasteiger partial charge in [-0.05, 0) is 56.2 Å². The summed E-state index contributed by atoms with van der Waals surface area (Å²) in [4.78, 5) is 25.2. The van der Waals surface area contributed by atoms with Crippen molar-refractivity contribution in [2.24, 2.45) is 0 Å². The van der Waals surface area contributed by atoms with Gasteiger partial charge in [-0.1, -0.05) is 13.3 Å². The number of ether oxygens (including phenoxy) is 1. The first-order valence-electron chi connectivity index (χ1n) is 8.21. The summed E-state index contributed by atoms with van der Waals surface area (Å²) in [7, 11) is 0. The number of carbonyl (C=O) groups excluding carboxylic acids is 2. The average Bonchev–Trinajstić information content (AvgIpc) is 3.05. The molecule has 0 saturated carbocycles. The van der Waals surface area contributed by atoms with Crippen LogP contribution in [0.5, 0.6) is 5.75 Å². The Morgan fingerprint density at radius 2 is 1.88 bits per heavy atom. The van der Waals surface area contributed by atoms with E-state index in [9.17, 15) is 9.59 Å². The lowest BCUT2D eigenvalue weighted by molar-refractivity contribution is 0.0953. The third kappa shape index (κ3) is 5.49. The molecular formula is C19H23NO3S. The molecule has 1 N–H and O–H groups in total. The first-order chi connectivity index (χ1) is 11.6. The van der Waals surface area contributed by atoms with Crippen molar-refractivity contribution in [2.45, 2.75) is 33.1 Å². The topological polar surface area (TPSA) is 55.4 Å². The van der Waals surface area contributed by atoms with Gasteiger partial charge in [0.2, 0.25) is 0 Å². The molecule has 128 valence electrons. The first kappa shape index (κ1) is 18.2. The van der Waals surface area contributed by atoms with E-state index in [-0.39, 0.29) is 11.7 Å². The van der Waals surface area contributed by atoms with Gasteiger partial charge in [0.05, 0.1) is 11.5 Å². The second kappa shape index (κ2) is 9.23. The Hall–Kier alpha value is -2.14. The van der Waals surface area contributed by atoms with Crippen molar-refractivity contribution in [3.05, 3.63) is 51.7 Å². The third-order valence-electron chi connectivity index (χ3n) is 3.55. The second-order valence-electron chi connectivity index (χ2n) is 5.55. The van der Waals surface area contributed by atoms with Gasteiger partial charge in [-0.2, -0.15) is 0 Å². The monoisotopic (exact) mass is 345 g/mol. The highest BCUT2D eigenvalue weighted by Gasteiger charge is 2.07. The van der Waals surface area contributed by atoms with Gasteiger partial charge in [0.15, 0.2) is 5.78 Å². The van der Waals surface area contributed by atoms with Crippen LogP contribution in [0.1, 0.15) is 51.6 Å². The van der Waals surface area contributed by atoms with E-state index in [0.29, 0.717) is 18.7 Å². The highest BCUT2D eigenvalue weighted by Crippen LogP contribution is 2.17. The Morgan fingerprint density at radius 3 is 2.50 bits per heavy atom. The lowest BCUT2D eigenvalue weighted by Gasteiger charge is -2.07. The average molecular weight is 345 g/mol. The quantitative estimate of drug-likeness (QED) is 0.550. The van der Waals surface area contributed by atoms with Crippen molar-refractivity contribution >= 4 is 23.0 Å². The normalized spacial score (nSPS) is 10.4. The molecule has 1 aromatic carbocycles. The van der Waals surface area contributed by atoms with Gasteiger partial charge < -0.3 is 10.1 Å². The number of carbonyl (C=O) groups is 2. The van der Waals surface area contributed by atoms with Crippen molar-refractivity contribution in [3.8, 4) is 5.75 Å². The zero-order chi connectivity index (χ0) is 17.4. The Kier molecular flexibility index (Phi) is 7.00. The number of thiophene rings is 1. The number of hydrogen-bond acceptors (Lipinski definition) is 4. The summed E-state index contributed by atoms with van der Waals surface area (Å²) in [6, 6.07) is 11.0. The number of amides is 1. The number of nitrogens with one attached hydrogen (secondary N) is 1. The van der Waals surface area contributed by atoms with Gasteiger partial charge in [0, 0.05) is 17.0 Å². The summed E-state index contributed by atoms with van der Waals surface area (Å²) in [5.41, 5.74) is 0.619. The molecule has 0 aliphatic heterocycles. The molecule has 2 rings (SSSR count). The minimum atomic E-state index is -0.0987. The number of ketones is 1. The molecule has 0 aliphatic rings. The van der Waals surface area contributed by atoms with E-state index in [0.717, 1.165) is 34.8 Å². The van der Waals surface area contributed by atoms with Crippen LogP contribution in [0.25, 0.3) is 0 Å². The maximum Gasteiger partial charge on any atom is 0.251 e. The van der Waals surface area contributed by atoms with Crippen LogP contribution in [0, 0.1) is 0 Å². The lowest BCUT2D eigenvalue weighted by atomic mass is 10.2. The number of hydrogen-bond donors (Lipinski definition) is 1. The Labute approximate surface area is 146 Å². The molecule has 0 unspecified atom stereocenters. The zero-order valence-corrected chi connectivity index (χ0v) is 14.9. The van der Waals surface area contributed by atoms with E-state index in [1.165, 1.54) is 11.3 Å². The van der Waals surface area contributed by atoms with Gasteiger partial charge in [0.25, 0.3) is 5.91 Å². The molecule has 2 aromatic rings. The SMILES string of the molecule is CCCCOc1ccc(C(=O)NCCc2ccc(C(C)=O)s2)cc1. The van der Waals surface area contributed by atoms with Gasteiger partial charge in [-0.15, -0.1) is 11.3 Å². The van der Waals surface area contributed by atoms with Crippen LogP contribution < -0.4 is 10.1 Å². The molecule has 5 heteroatoms. The second-order valence-corrected chi connectivity index (χ2v) is 6.72. The summed E-state index contributed by atoms with van der Waals surface area (Å²) >= 11 is 1.48. The van der Waals surface area contributed by atoms with Crippen LogP contribution in [0.15, 0.2) is 36.4 Å². The fourth-order valence-electron chi connectivity index (χ4n) is 2.14. The molecular weight excluding hydrogens is 322 g/mol. The van der Waals surface area contributed by atoms with E-state index < -0.39 is 0 Å². The summed E-state index contributed by atoms with van der Waals surface area (Å²) in [5.74, 6) is 0.769. The van der Waals surface area contributed by atoms with E-state index in [1.54, 1.807) is 19.1 Å². The molecule has 0 atom stereocenters. The van der Waals surface area contributed by atoms with Crippen molar-refractivity contribution in [1.29, 1.82) is 0 Å². The summed E-state index contributed by atoms with van der Waals surface area (Å²) in [5, 5.41) is 2.90. The molecule has 0 fully saturated rings. The Morgan fingerprint density at radius 1 is 1.12 bits per heavy atom. The van der Waals surface area contributed by atoms with Crippen molar-refractivity contribution in [2.75, 3.05) is 13.2 Å². The van der Waals surface area contributed by atoms with E-state index in [4.69, 9.17) is 4.74 Å². The summed E-state index contributed by atoms with van der Waals surface area (Å²) in [6.45, 7) is 4.93. The smallest absolute Gasteiger partial charge is 0.251 e. The fourth-order valence-corrected chi connectivity index (χ4v) is 3.04. The molecule has 1 aromatic heterocycles. The molecule has 0 aliphatic carbocycles. The van der Waals surface area contributed by atoms with Crippen LogP contribution in [-0.4, -0.2) is 24.8 Å². The molecule has 4 nitrogen and oxygen atoms in total. The minimum Gasteiger partial charge on any atom is -0.494 e. The third-order valence-corrected chi connectivity index (χ3v) is 4.79. The zero-order valence-electron chi connectivity index (χ0n) is 14.1. The maximum atomic E-state index is 12.1.